The van der Waals surface area contributed by atoms with Gasteiger partial charge < -0.3 is 33.1 Å². The van der Waals surface area contributed by atoms with Gasteiger partial charge in [-0.1, -0.05) is 6.42 Å². The molecule has 0 aliphatic rings. The molecule has 1 N–H and O–H groups in total. The summed E-state index contributed by atoms with van der Waals surface area (Å²) in [6, 6.07) is 2.04. The lowest BCUT2D eigenvalue weighted by atomic mass is 10.2. The maximum absolute atomic E-state index is 12.0. The second-order valence-electron chi connectivity index (χ2n) is 10.8. The van der Waals surface area contributed by atoms with Crippen LogP contribution in [-0.4, -0.2) is 86.6 Å². The minimum absolute atomic E-state index is 0.180. The number of alkyl carbamates (subject to hydrolysis) is 1. The van der Waals surface area contributed by atoms with Crippen molar-refractivity contribution in [2.75, 3.05) is 39.6 Å². The minimum Gasteiger partial charge on any atom is -0.460 e. The fourth-order valence-electron chi connectivity index (χ4n) is 3.77. The van der Waals surface area contributed by atoms with E-state index < -0.39 is 22.7 Å². The van der Waals surface area contributed by atoms with E-state index in [1.54, 1.807) is 6.92 Å². The Bertz CT molecular complexity index is 621. The molecule has 0 fully saturated rings. The van der Waals surface area contributed by atoms with Gasteiger partial charge in [0.2, 0.25) is 0 Å². The molecule has 11 heteroatoms. The Hall–Kier alpha value is -0.986. The molecule has 0 bridgehead atoms. The number of unbranched alkanes of at least 4 members (excludes halogenated alkanes) is 1. The van der Waals surface area contributed by atoms with Crippen molar-refractivity contribution in [3.63, 3.8) is 0 Å². The first-order chi connectivity index (χ1) is 17.3. The third kappa shape index (κ3) is 21.6. The van der Waals surface area contributed by atoms with Crippen LogP contribution in [0.5, 0.6) is 0 Å². The van der Waals surface area contributed by atoms with E-state index in [-0.39, 0.29) is 30.9 Å². The highest BCUT2D eigenvalue weighted by Gasteiger charge is 2.22. The molecule has 0 aromatic rings. The minimum atomic E-state index is -1.63. The van der Waals surface area contributed by atoms with Crippen LogP contribution in [0.2, 0.25) is 38.3 Å². The van der Waals surface area contributed by atoms with Crippen molar-refractivity contribution in [2.45, 2.75) is 117 Å². The number of nitrogens with one attached hydrogen (secondary N) is 1. The summed E-state index contributed by atoms with van der Waals surface area (Å²) in [4.78, 5) is 24.0. The molecule has 0 saturated carbocycles. The molecule has 0 aliphatic carbocycles. The van der Waals surface area contributed by atoms with Gasteiger partial charge in [-0.25, -0.2) is 4.79 Å². The summed E-state index contributed by atoms with van der Waals surface area (Å²) >= 11 is 0. The fraction of sp³-hybridized carbons (Fsp3) is 0.923. The maximum atomic E-state index is 12.0. The summed E-state index contributed by atoms with van der Waals surface area (Å²) in [5, 5.41) is 2.79. The molecule has 0 aromatic heterocycles. The highest BCUT2D eigenvalue weighted by atomic mass is 28.4. The lowest BCUT2D eigenvalue weighted by molar-refractivity contribution is -0.152. The van der Waals surface area contributed by atoms with E-state index in [9.17, 15) is 9.59 Å². The SMILES string of the molecule is CCO[Si](C)(C)CCCCC(=O)OC(C)COCC(C)OCC(C)OC(=O)NCCC[Si](C)(C)OCC. The highest BCUT2D eigenvalue weighted by molar-refractivity contribution is 6.71. The Morgan fingerprint density at radius 3 is 1.86 bits per heavy atom. The van der Waals surface area contributed by atoms with Crippen LogP contribution in [0.3, 0.4) is 0 Å². The van der Waals surface area contributed by atoms with Crippen LogP contribution in [-0.2, 0) is 32.6 Å². The van der Waals surface area contributed by atoms with Crippen molar-refractivity contribution < 1.29 is 37.4 Å². The van der Waals surface area contributed by atoms with Crippen molar-refractivity contribution in [3.8, 4) is 0 Å². The smallest absolute Gasteiger partial charge is 0.407 e. The summed E-state index contributed by atoms with van der Waals surface area (Å²) < 4.78 is 33.7. The summed E-state index contributed by atoms with van der Waals surface area (Å²) in [5.74, 6) is -0.194. The number of carbonyl (C=O) groups is 2. The predicted molar refractivity (Wildman–Crippen MR) is 152 cm³/mol. The van der Waals surface area contributed by atoms with E-state index >= 15 is 0 Å². The van der Waals surface area contributed by atoms with E-state index in [0.29, 0.717) is 26.2 Å². The number of rotatable bonds is 22. The van der Waals surface area contributed by atoms with Gasteiger partial charge in [0.15, 0.2) is 16.6 Å². The topological polar surface area (TPSA) is 102 Å². The average molecular weight is 566 g/mol. The van der Waals surface area contributed by atoms with Gasteiger partial charge in [0.1, 0.15) is 12.2 Å². The van der Waals surface area contributed by atoms with Gasteiger partial charge in [0.05, 0.1) is 25.9 Å². The van der Waals surface area contributed by atoms with Crippen LogP contribution in [0.1, 0.15) is 60.3 Å². The average Bonchev–Trinajstić information content (AvgIpc) is 2.78. The van der Waals surface area contributed by atoms with Crippen molar-refractivity contribution in [1.82, 2.24) is 5.32 Å². The zero-order valence-electron chi connectivity index (χ0n) is 25.0. The zero-order valence-corrected chi connectivity index (χ0v) is 27.0. The monoisotopic (exact) mass is 565 g/mol. The van der Waals surface area contributed by atoms with Gasteiger partial charge in [-0.2, -0.15) is 0 Å². The molecule has 0 aliphatic heterocycles. The Morgan fingerprint density at radius 2 is 1.27 bits per heavy atom. The van der Waals surface area contributed by atoms with Gasteiger partial charge in [0, 0.05) is 26.2 Å². The standard InChI is InChI=1S/C26H55NO8Si2/c1-10-32-36(6,7)17-13-12-15-25(28)34-23(4)20-30-19-22(3)31-21-24(5)35-26(29)27-16-14-18-37(8,9)33-11-2/h22-24H,10-21H2,1-9H3,(H,27,29). The highest BCUT2D eigenvalue weighted by Crippen LogP contribution is 2.16. The first kappa shape index (κ1) is 36.0. The van der Waals surface area contributed by atoms with E-state index in [0.717, 1.165) is 44.6 Å². The number of hydrogen-bond donors (Lipinski definition) is 1. The third-order valence-corrected chi connectivity index (χ3v) is 10.9. The Labute approximate surface area is 227 Å². The van der Waals surface area contributed by atoms with E-state index in [1.165, 1.54) is 0 Å². The number of carbonyl (C=O) groups excluding carboxylic acids is 2. The van der Waals surface area contributed by atoms with Crippen molar-refractivity contribution in [3.05, 3.63) is 0 Å². The molecule has 0 heterocycles. The molecule has 220 valence electrons. The molecule has 0 rings (SSSR count). The van der Waals surface area contributed by atoms with Crippen LogP contribution in [0.25, 0.3) is 0 Å². The molecule has 1 amide bonds. The molecule has 0 spiro atoms. The van der Waals surface area contributed by atoms with Gasteiger partial charge in [0.25, 0.3) is 0 Å². The van der Waals surface area contributed by atoms with Crippen molar-refractivity contribution in [2.24, 2.45) is 0 Å². The number of esters is 1. The largest absolute Gasteiger partial charge is 0.460 e. The van der Waals surface area contributed by atoms with E-state index in [2.05, 4.69) is 31.5 Å². The lowest BCUT2D eigenvalue weighted by Gasteiger charge is -2.22. The van der Waals surface area contributed by atoms with Crippen LogP contribution < -0.4 is 5.32 Å². The molecule has 3 atom stereocenters. The molecular weight excluding hydrogens is 510 g/mol. The third-order valence-electron chi connectivity index (χ3n) is 5.67. The van der Waals surface area contributed by atoms with Crippen LogP contribution >= 0.6 is 0 Å². The molecular formula is C26H55NO8Si2. The number of ether oxygens (including phenoxy) is 4. The van der Waals surface area contributed by atoms with Crippen LogP contribution in [0.15, 0.2) is 0 Å². The Morgan fingerprint density at radius 1 is 0.730 bits per heavy atom. The summed E-state index contributed by atoms with van der Waals surface area (Å²) in [5.41, 5.74) is 0. The normalized spacial score (nSPS) is 14.6. The van der Waals surface area contributed by atoms with Gasteiger partial charge >= 0.3 is 12.1 Å². The molecule has 3 unspecified atom stereocenters. The second kappa shape index (κ2) is 20.0. The molecule has 0 aromatic carbocycles. The molecule has 0 radical (unpaired) electrons. The summed E-state index contributed by atoms with van der Waals surface area (Å²) in [6.45, 7) is 21.3. The van der Waals surface area contributed by atoms with E-state index in [1.807, 2.05) is 27.7 Å². The first-order valence-corrected chi connectivity index (χ1v) is 20.1. The molecule has 37 heavy (non-hydrogen) atoms. The fourth-order valence-corrected chi connectivity index (χ4v) is 7.76. The predicted octanol–water partition coefficient (Wildman–Crippen LogP) is 5.50. The Kier molecular flexibility index (Phi) is 19.5. The number of hydrogen-bond acceptors (Lipinski definition) is 8. The lowest BCUT2D eigenvalue weighted by Crippen LogP contribution is -2.34. The number of amides is 1. The van der Waals surface area contributed by atoms with Gasteiger partial charge in [-0.05, 0) is 85.7 Å². The second-order valence-corrected chi connectivity index (χ2v) is 19.4. The van der Waals surface area contributed by atoms with Crippen molar-refractivity contribution >= 4 is 28.7 Å². The zero-order chi connectivity index (χ0) is 28.3. The van der Waals surface area contributed by atoms with Crippen molar-refractivity contribution in [1.29, 1.82) is 0 Å². The maximum Gasteiger partial charge on any atom is 0.407 e. The summed E-state index contributed by atoms with van der Waals surface area (Å²) in [6.07, 6.45) is 1.76. The first-order valence-electron chi connectivity index (χ1n) is 13.9. The van der Waals surface area contributed by atoms with Crippen LogP contribution in [0, 0.1) is 0 Å². The van der Waals surface area contributed by atoms with Gasteiger partial charge in [-0.15, -0.1) is 0 Å². The summed E-state index contributed by atoms with van der Waals surface area (Å²) in [7, 11) is -3.21. The quantitative estimate of drug-likeness (QED) is 0.104. The van der Waals surface area contributed by atoms with E-state index in [4.69, 9.17) is 27.8 Å². The molecule has 9 nitrogen and oxygen atoms in total. The van der Waals surface area contributed by atoms with Crippen LogP contribution in [0.4, 0.5) is 4.79 Å². The van der Waals surface area contributed by atoms with Gasteiger partial charge in [-0.3, -0.25) is 4.79 Å². The molecule has 0 saturated heterocycles. The Balaban J connectivity index is 3.87.